The predicted octanol–water partition coefficient (Wildman–Crippen LogP) is 5.06. The number of unbranched alkanes of at least 4 members (excludes halogenated alkanes) is 6. The molecule has 0 aromatic rings. The molecule has 0 aliphatic heterocycles. The van der Waals surface area contributed by atoms with E-state index >= 15 is 0 Å². The van der Waals surface area contributed by atoms with Crippen molar-refractivity contribution in [2.45, 2.75) is 90.9 Å². The second-order valence-electron chi connectivity index (χ2n) is 7.09. The summed E-state index contributed by atoms with van der Waals surface area (Å²) in [6, 6.07) is 0. The van der Waals surface area contributed by atoms with Crippen molar-refractivity contribution >= 4 is 11.9 Å². The molecule has 1 unspecified atom stereocenters. The maximum absolute atomic E-state index is 11.6. The van der Waals surface area contributed by atoms with Crippen LogP contribution in [0.2, 0.25) is 0 Å². The van der Waals surface area contributed by atoms with Crippen molar-refractivity contribution in [1.29, 1.82) is 0 Å². The smallest absolute Gasteiger partial charge is 0.305 e. The lowest BCUT2D eigenvalue weighted by atomic mass is 10.1. The Hall–Kier alpha value is -1.10. The molecule has 0 aromatic heterocycles. The van der Waals surface area contributed by atoms with E-state index in [1.165, 1.54) is 32.1 Å². The molecule has 154 valence electrons. The number of carbonyl (C=O) groups excluding carboxylic acids is 2. The van der Waals surface area contributed by atoms with Crippen LogP contribution in [0.25, 0.3) is 0 Å². The van der Waals surface area contributed by atoms with Crippen molar-refractivity contribution in [2.75, 3.05) is 26.9 Å². The summed E-state index contributed by atoms with van der Waals surface area (Å²) in [5, 5.41) is 0. The van der Waals surface area contributed by atoms with Gasteiger partial charge in [0.15, 0.2) is 0 Å². The van der Waals surface area contributed by atoms with E-state index < -0.39 is 0 Å². The van der Waals surface area contributed by atoms with Crippen molar-refractivity contribution in [1.82, 2.24) is 0 Å². The zero-order valence-electron chi connectivity index (χ0n) is 17.2. The molecule has 0 amide bonds. The Balaban J connectivity index is 3.42. The fraction of sp³-hybridized carbons (Fsp3) is 0.905. The quantitative estimate of drug-likeness (QED) is 0.249. The van der Waals surface area contributed by atoms with Crippen LogP contribution in [-0.2, 0) is 23.8 Å². The van der Waals surface area contributed by atoms with Crippen LogP contribution in [0.3, 0.4) is 0 Å². The van der Waals surface area contributed by atoms with E-state index in [-0.39, 0.29) is 24.8 Å². The molecule has 0 rings (SSSR count). The molecule has 0 bridgehead atoms. The largest absolute Gasteiger partial charge is 0.466 e. The topological polar surface area (TPSA) is 61.8 Å². The number of hydrogen-bond donors (Lipinski definition) is 0. The lowest BCUT2D eigenvalue weighted by Crippen LogP contribution is -2.11. The van der Waals surface area contributed by atoms with Crippen molar-refractivity contribution in [2.24, 2.45) is 5.92 Å². The standard InChI is InChI=1S/C21H40O5/c1-4-5-6-7-8-9-10-16-25-20(22)12-11-13-21(23)26-18-15-19(2)14-17-24-3/h19H,4-18H2,1-3H3. The van der Waals surface area contributed by atoms with Crippen molar-refractivity contribution in [3.63, 3.8) is 0 Å². The minimum Gasteiger partial charge on any atom is -0.466 e. The van der Waals surface area contributed by atoms with Gasteiger partial charge < -0.3 is 14.2 Å². The highest BCUT2D eigenvalue weighted by atomic mass is 16.5. The van der Waals surface area contributed by atoms with Gasteiger partial charge in [0.1, 0.15) is 0 Å². The van der Waals surface area contributed by atoms with Crippen molar-refractivity contribution < 1.29 is 23.8 Å². The number of esters is 2. The lowest BCUT2D eigenvalue weighted by molar-refractivity contribution is -0.145. The van der Waals surface area contributed by atoms with E-state index in [0.717, 1.165) is 32.3 Å². The van der Waals surface area contributed by atoms with E-state index in [9.17, 15) is 9.59 Å². The van der Waals surface area contributed by atoms with E-state index in [1.807, 2.05) is 0 Å². The highest BCUT2D eigenvalue weighted by Crippen LogP contribution is 2.09. The van der Waals surface area contributed by atoms with E-state index in [2.05, 4.69) is 13.8 Å². The molecular weight excluding hydrogens is 332 g/mol. The first-order valence-corrected chi connectivity index (χ1v) is 10.4. The van der Waals surface area contributed by atoms with Crippen LogP contribution in [0.5, 0.6) is 0 Å². The highest BCUT2D eigenvalue weighted by molar-refractivity contribution is 5.72. The fourth-order valence-corrected chi connectivity index (χ4v) is 2.60. The average molecular weight is 373 g/mol. The third kappa shape index (κ3) is 17.7. The maximum Gasteiger partial charge on any atom is 0.305 e. The molecule has 0 fully saturated rings. The first-order chi connectivity index (χ1) is 12.6. The summed E-state index contributed by atoms with van der Waals surface area (Å²) >= 11 is 0. The Morgan fingerprint density at radius 2 is 1.27 bits per heavy atom. The molecule has 5 heteroatoms. The summed E-state index contributed by atoms with van der Waals surface area (Å²) in [5.41, 5.74) is 0. The molecule has 0 aliphatic rings. The van der Waals surface area contributed by atoms with Gasteiger partial charge in [-0.25, -0.2) is 0 Å². The third-order valence-corrected chi connectivity index (χ3v) is 4.46. The first kappa shape index (κ1) is 24.9. The van der Waals surface area contributed by atoms with Gasteiger partial charge in [0.05, 0.1) is 13.2 Å². The SMILES string of the molecule is CCCCCCCCCOC(=O)CCCC(=O)OCCC(C)CCOC. The number of hydrogen-bond acceptors (Lipinski definition) is 5. The molecule has 1 atom stereocenters. The number of carbonyl (C=O) groups is 2. The zero-order valence-corrected chi connectivity index (χ0v) is 17.2. The van der Waals surface area contributed by atoms with Crippen molar-refractivity contribution in [3.05, 3.63) is 0 Å². The van der Waals surface area contributed by atoms with E-state index in [0.29, 0.717) is 25.6 Å². The van der Waals surface area contributed by atoms with Gasteiger partial charge >= 0.3 is 11.9 Å². The molecule has 0 spiro atoms. The van der Waals surface area contributed by atoms with Gasteiger partial charge in [-0.2, -0.15) is 0 Å². The Labute approximate surface area is 160 Å². The molecule has 0 N–H and O–H groups in total. The Kier molecular flexibility index (Phi) is 17.9. The highest BCUT2D eigenvalue weighted by Gasteiger charge is 2.08. The summed E-state index contributed by atoms with van der Waals surface area (Å²) in [5.74, 6) is 0.0326. The molecule has 0 radical (unpaired) electrons. The van der Waals surface area contributed by atoms with Crippen LogP contribution < -0.4 is 0 Å². The summed E-state index contributed by atoms with van der Waals surface area (Å²) < 4.78 is 15.4. The van der Waals surface area contributed by atoms with Crippen LogP contribution >= 0.6 is 0 Å². The molecule has 0 saturated carbocycles. The van der Waals surface area contributed by atoms with Gasteiger partial charge in [0.25, 0.3) is 0 Å². The van der Waals surface area contributed by atoms with Crippen LogP contribution in [0.15, 0.2) is 0 Å². The molecule has 26 heavy (non-hydrogen) atoms. The third-order valence-electron chi connectivity index (χ3n) is 4.46. The Morgan fingerprint density at radius 3 is 1.88 bits per heavy atom. The maximum atomic E-state index is 11.6. The van der Waals surface area contributed by atoms with Gasteiger partial charge in [-0.1, -0.05) is 52.4 Å². The first-order valence-electron chi connectivity index (χ1n) is 10.4. The molecule has 0 aliphatic carbocycles. The Morgan fingerprint density at radius 1 is 0.731 bits per heavy atom. The van der Waals surface area contributed by atoms with Gasteiger partial charge in [0, 0.05) is 26.6 Å². The summed E-state index contributed by atoms with van der Waals surface area (Å²) in [7, 11) is 1.69. The normalized spacial score (nSPS) is 12.0. The molecule has 0 heterocycles. The molecule has 0 saturated heterocycles. The van der Waals surface area contributed by atoms with Crippen molar-refractivity contribution in [3.8, 4) is 0 Å². The van der Waals surface area contributed by atoms with Crippen LogP contribution in [0.1, 0.15) is 90.9 Å². The van der Waals surface area contributed by atoms with Gasteiger partial charge in [0.2, 0.25) is 0 Å². The van der Waals surface area contributed by atoms with Gasteiger partial charge in [-0.3, -0.25) is 9.59 Å². The van der Waals surface area contributed by atoms with E-state index in [4.69, 9.17) is 14.2 Å². The zero-order chi connectivity index (χ0) is 19.5. The minimum atomic E-state index is -0.233. The lowest BCUT2D eigenvalue weighted by Gasteiger charge is -2.11. The summed E-state index contributed by atoms with van der Waals surface area (Å²) in [6.45, 7) is 6.00. The summed E-state index contributed by atoms with van der Waals surface area (Å²) in [4.78, 5) is 23.2. The Bertz CT molecular complexity index is 343. The average Bonchev–Trinajstić information content (AvgIpc) is 2.62. The number of rotatable bonds is 18. The minimum absolute atomic E-state index is 0.211. The van der Waals surface area contributed by atoms with Gasteiger partial charge in [-0.05, 0) is 31.6 Å². The summed E-state index contributed by atoms with van der Waals surface area (Å²) in [6.07, 6.45) is 11.3. The molecule has 5 nitrogen and oxygen atoms in total. The fourth-order valence-electron chi connectivity index (χ4n) is 2.60. The second-order valence-corrected chi connectivity index (χ2v) is 7.09. The predicted molar refractivity (Wildman–Crippen MR) is 104 cm³/mol. The molecule has 0 aromatic carbocycles. The monoisotopic (exact) mass is 372 g/mol. The molecular formula is C21H40O5. The van der Waals surface area contributed by atoms with Gasteiger partial charge in [-0.15, -0.1) is 0 Å². The van der Waals surface area contributed by atoms with Crippen LogP contribution in [0, 0.1) is 5.92 Å². The van der Waals surface area contributed by atoms with Crippen LogP contribution in [0.4, 0.5) is 0 Å². The second kappa shape index (κ2) is 18.7. The van der Waals surface area contributed by atoms with Crippen LogP contribution in [-0.4, -0.2) is 38.9 Å². The van der Waals surface area contributed by atoms with E-state index in [1.54, 1.807) is 7.11 Å². The number of methoxy groups -OCH3 is 1. The number of ether oxygens (including phenoxy) is 3.